The highest BCUT2D eigenvalue weighted by atomic mass is 16.3. The summed E-state index contributed by atoms with van der Waals surface area (Å²) in [5.74, 6) is 0.225. The Bertz CT molecular complexity index is 338. The van der Waals surface area contributed by atoms with Crippen molar-refractivity contribution in [3.63, 3.8) is 0 Å². The van der Waals surface area contributed by atoms with Gasteiger partial charge in [-0.3, -0.25) is 0 Å². The van der Waals surface area contributed by atoms with Crippen molar-refractivity contribution >= 4 is 0 Å². The predicted octanol–water partition coefficient (Wildman–Crippen LogP) is 3.83. The summed E-state index contributed by atoms with van der Waals surface area (Å²) in [7, 11) is 0. The number of aliphatic hydroxyl groups excluding tert-OH is 1. The van der Waals surface area contributed by atoms with Crippen molar-refractivity contribution in [2.75, 3.05) is 6.61 Å². The van der Waals surface area contributed by atoms with E-state index in [-0.39, 0.29) is 17.9 Å². The first kappa shape index (κ1) is 14.0. The molecule has 94 valence electrons. The largest absolute Gasteiger partial charge is 0.396 e. The van der Waals surface area contributed by atoms with Crippen molar-refractivity contribution in [1.82, 2.24) is 0 Å². The molecule has 1 aromatic rings. The van der Waals surface area contributed by atoms with Crippen molar-refractivity contribution in [3.05, 3.63) is 48.0 Å². The second-order valence-corrected chi connectivity index (χ2v) is 5.33. The first-order valence-corrected chi connectivity index (χ1v) is 6.41. The van der Waals surface area contributed by atoms with Gasteiger partial charge in [-0.15, -0.1) is 0 Å². The molecule has 0 aliphatic heterocycles. The Morgan fingerprint density at radius 3 is 2.41 bits per heavy atom. The van der Waals surface area contributed by atoms with Gasteiger partial charge in [-0.2, -0.15) is 0 Å². The van der Waals surface area contributed by atoms with Gasteiger partial charge in [0.05, 0.1) is 0 Å². The van der Waals surface area contributed by atoms with Crippen LogP contribution in [-0.2, 0) is 6.42 Å². The van der Waals surface area contributed by atoms with Gasteiger partial charge in [0.15, 0.2) is 0 Å². The van der Waals surface area contributed by atoms with Crippen LogP contribution in [0.2, 0.25) is 0 Å². The van der Waals surface area contributed by atoms with Crippen LogP contribution >= 0.6 is 0 Å². The molecule has 0 bridgehead atoms. The zero-order valence-corrected chi connectivity index (χ0v) is 11.2. The zero-order valence-electron chi connectivity index (χ0n) is 11.2. The van der Waals surface area contributed by atoms with Crippen LogP contribution in [0, 0.1) is 11.3 Å². The van der Waals surface area contributed by atoms with Crippen LogP contribution in [0.1, 0.15) is 32.8 Å². The molecule has 0 aromatic heterocycles. The van der Waals surface area contributed by atoms with Gasteiger partial charge in [-0.05, 0) is 23.8 Å². The van der Waals surface area contributed by atoms with Crippen LogP contribution in [0.15, 0.2) is 42.5 Å². The number of hydrogen-bond donors (Lipinski definition) is 1. The van der Waals surface area contributed by atoms with Crippen LogP contribution in [0.5, 0.6) is 0 Å². The summed E-state index contributed by atoms with van der Waals surface area (Å²) >= 11 is 0. The Labute approximate surface area is 105 Å². The first-order chi connectivity index (χ1) is 8.07. The average Bonchev–Trinajstić information content (AvgIpc) is 2.35. The van der Waals surface area contributed by atoms with E-state index in [2.05, 4.69) is 45.1 Å². The highest BCUT2D eigenvalue weighted by Gasteiger charge is 2.11. The molecule has 17 heavy (non-hydrogen) atoms. The molecule has 1 rings (SSSR count). The summed E-state index contributed by atoms with van der Waals surface area (Å²) in [5.41, 5.74) is 1.51. The molecule has 0 radical (unpaired) electrons. The van der Waals surface area contributed by atoms with Crippen LogP contribution < -0.4 is 0 Å². The molecule has 0 saturated heterocycles. The molecular weight excluding hydrogens is 208 g/mol. The molecule has 1 N–H and O–H groups in total. The van der Waals surface area contributed by atoms with Crippen LogP contribution in [-0.4, -0.2) is 11.7 Å². The lowest BCUT2D eigenvalue weighted by Crippen LogP contribution is -2.10. The topological polar surface area (TPSA) is 20.2 Å². The van der Waals surface area contributed by atoms with E-state index in [0.717, 1.165) is 12.8 Å². The van der Waals surface area contributed by atoms with Gasteiger partial charge in [0.1, 0.15) is 0 Å². The lowest BCUT2D eigenvalue weighted by molar-refractivity contribution is 0.251. The minimum Gasteiger partial charge on any atom is -0.396 e. The van der Waals surface area contributed by atoms with Crippen molar-refractivity contribution in [2.24, 2.45) is 11.3 Å². The van der Waals surface area contributed by atoms with Gasteiger partial charge in [0.25, 0.3) is 0 Å². The third kappa shape index (κ3) is 5.18. The van der Waals surface area contributed by atoms with Crippen molar-refractivity contribution in [3.8, 4) is 0 Å². The highest BCUT2D eigenvalue weighted by molar-refractivity contribution is 5.16. The molecule has 0 saturated carbocycles. The molecule has 0 heterocycles. The summed E-state index contributed by atoms with van der Waals surface area (Å²) < 4.78 is 0. The predicted molar refractivity (Wildman–Crippen MR) is 73.9 cm³/mol. The van der Waals surface area contributed by atoms with E-state index in [1.165, 1.54) is 5.56 Å². The Balaban J connectivity index is 2.61. The smallest absolute Gasteiger partial charge is 0.0496 e. The SMILES string of the molecule is CCC(C)(C)/C=C/C(CO)Cc1ccccc1. The minimum absolute atomic E-state index is 0.213. The third-order valence-corrected chi connectivity index (χ3v) is 3.31. The lowest BCUT2D eigenvalue weighted by Gasteiger charge is -2.18. The van der Waals surface area contributed by atoms with Crippen LogP contribution in [0.3, 0.4) is 0 Å². The number of aliphatic hydroxyl groups is 1. The number of rotatable bonds is 6. The average molecular weight is 232 g/mol. The summed E-state index contributed by atoms with van der Waals surface area (Å²) in [4.78, 5) is 0. The summed E-state index contributed by atoms with van der Waals surface area (Å²) in [6.45, 7) is 6.85. The molecule has 0 aliphatic rings. The van der Waals surface area contributed by atoms with Gasteiger partial charge in [-0.25, -0.2) is 0 Å². The van der Waals surface area contributed by atoms with Gasteiger partial charge in [0.2, 0.25) is 0 Å². The second-order valence-electron chi connectivity index (χ2n) is 5.33. The van der Waals surface area contributed by atoms with Gasteiger partial charge < -0.3 is 5.11 Å². The van der Waals surface area contributed by atoms with E-state index in [4.69, 9.17) is 0 Å². The highest BCUT2D eigenvalue weighted by Crippen LogP contribution is 2.22. The molecule has 1 aromatic carbocycles. The molecule has 0 aliphatic carbocycles. The number of benzene rings is 1. The summed E-state index contributed by atoms with van der Waals surface area (Å²) in [6, 6.07) is 10.3. The van der Waals surface area contributed by atoms with Crippen molar-refractivity contribution < 1.29 is 5.11 Å². The van der Waals surface area contributed by atoms with Crippen LogP contribution in [0.4, 0.5) is 0 Å². The molecule has 1 atom stereocenters. The van der Waals surface area contributed by atoms with Gasteiger partial charge in [0, 0.05) is 12.5 Å². The third-order valence-electron chi connectivity index (χ3n) is 3.31. The fraction of sp³-hybridized carbons (Fsp3) is 0.500. The molecule has 0 fully saturated rings. The monoisotopic (exact) mass is 232 g/mol. The first-order valence-electron chi connectivity index (χ1n) is 6.41. The molecule has 0 spiro atoms. The standard InChI is InChI=1S/C16H24O/c1-4-16(2,3)11-10-15(13-17)12-14-8-6-5-7-9-14/h5-11,15,17H,4,12-13H2,1-3H3/b11-10+. The quantitative estimate of drug-likeness (QED) is 0.739. The molecule has 1 nitrogen and oxygen atoms in total. The maximum atomic E-state index is 9.41. The number of hydrogen-bond acceptors (Lipinski definition) is 1. The molecule has 1 unspecified atom stereocenters. The Hall–Kier alpha value is -1.08. The molecule has 0 amide bonds. The van der Waals surface area contributed by atoms with Crippen LogP contribution in [0.25, 0.3) is 0 Å². The Morgan fingerprint density at radius 1 is 1.24 bits per heavy atom. The fourth-order valence-electron chi connectivity index (χ4n) is 1.62. The normalized spacial score (nSPS) is 14.1. The Kier molecular flexibility index (Phi) is 5.43. The van der Waals surface area contributed by atoms with Crippen molar-refractivity contribution in [2.45, 2.75) is 33.6 Å². The van der Waals surface area contributed by atoms with E-state index < -0.39 is 0 Å². The van der Waals surface area contributed by atoms with E-state index in [1.54, 1.807) is 0 Å². The molecule has 1 heteroatoms. The zero-order chi connectivity index (χ0) is 12.7. The summed E-state index contributed by atoms with van der Waals surface area (Å²) in [6.07, 6.45) is 6.42. The van der Waals surface area contributed by atoms with E-state index in [0.29, 0.717) is 0 Å². The fourth-order valence-corrected chi connectivity index (χ4v) is 1.62. The second kappa shape index (κ2) is 6.61. The van der Waals surface area contributed by atoms with Gasteiger partial charge in [-0.1, -0.05) is 63.3 Å². The van der Waals surface area contributed by atoms with Crippen molar-refractivity contribution in [1.29, 1.82) is 0 Å². The molecular formula is C16H24O. The Morgan fingerprint density at radius 2 is 1.88 bits per heavy atom. The lowest BCUT2D eigenvalue weighted by atomic mass is 9.87. The van der Waals surface area contributed by atoms with E-state index in [1.807, 2.05) is 18.2 Å². The van der Waals surface area contributed by atoms with E-state index in [9.17, 15) is 5.11 Å². The van der Waals surface area contributed by atoms with Gasteiger partial charge >= 0.3 is 0 Å². The number of allylic oxidation sites excluding steroid dienone is 1. The summed E-state index contributed by atoms with van der Waals surface area (Å²) in [5, 5.41) is 9.41. The van der Waals surface area contributed by atoms with E-state index >= 15 is 0 Å². The minimum atomic E-state index is 0.213. The maximum absolute atomic E-state index is 9.41. The maximum Gasteiger partial charge on any atom is 0.0496 e.